The first-order valence-electron chi connectivity index (χ1n) is 9.70. The summed E-state index contributed by atoms with van der Waals surface area (Å²) in [7, 11) is 0. The highest BCUT2D eigenvalue weighted by molar-refractivity contribution is 5.74. The van der Waals surface area contributed by atoms with Crippen molar-refractivity contribution < 1.29 is 9.53 Å². The number of nitrogens with one attached hydrogen (secondary N) is 2. The molecule has 4 rings (SSSR count). The van der Waals surface area contributed by atoms with Gasteiger partial charge in [-0.05, 0) is 38.6 Å². The van der Waals surface area contributed by atoms with E-state index < -0.39 is 0 Å². The van der Waals surface area contributed by atoms with Crippen LogP contribution in [0.1, 0.15) is 50.1 Å². The molecule has 0 aliphatic carbocycles. The van der Waals surface area contributed by atoms with Crippen molar-refractivity contribution in [2.75, 3.05) is 32.8 Å². The van der Waals surface area contributed by atoms with Crippen molar-refractivity contribution in [2.24, 2.45) is 0 Å². The Bertz CT molecular complexity index is 564. The van der Waals surface area contributed by atoms with Gasteiger partial charge in [-0.2, -0.15) is 5.10 Å². The molecule has 3 saturated heterocycles. The van der Waals surface area contributed by atoms with E-state index >= 15 is 0 Å². The molecule has 3 aliphatic heterocycles. The lowest BCUT2D eigenvalue weighted by Gasteiger charge is -2.42. The third-order valence-electron chi connectivity index (χ3n) is 5.86. The van der Waals surface area contributed by atoms with E-state index in [1.165, 1.54) is 25.8 Å². The van der Waals surface area contributed by atoms with Crippen LogP contribution in [-0.2, 0) is 4.74 Å². The molecule has 7 heteroatoms. The van der Waals surface area contributed by atoms with Crippen LogP contribution in [0.15, 0.2) is 12.4 Å². The molecule has 25 heavy (non-hydrogen) atoms. The average molecular weight is 347 g/mol. The second-order valence-corrected chi connectivity index (χ2v) is 7.52. The zero-order chi connectivity index (χ0) is 17.1. The minimum absolute atomic E-state index is 0.0234. The van der Waals surface area contributed by atoms with E-state index in [4.69, 9.17) is 4.74 Å². The summed E-state index contributed by atoms with van der Waals surface area (Å²) in [6, 6.07) is 0.745. The topological polar surface area (TPSA) is 73.5 Å². The monoisotopic (exact) mass is 347 g/mol. The van der Waals surface area contributed by atoms with E-state index in [1.54, 1.807) is 0 Å². The molecule has 1 aromatic heterocycles. The fourth-order valence-electron chi connectivity index (χ4n) is 4.44. The van der Waals surface area contributed by atoms with Gasteiger partial charge in [0, 0.05) is 37.4 Å². The summed E-state index contributed by atoms with van der Waals surface area (Å²) in [6.45, 7) is 4.32. The number of nitrogens with zero attached hydrogens (tertiary/aromatic N) is 3. The smallest absolute Gasteiger partial charge is 0.318 e. The predicted molar refractivity (Wildman–Crippen MR) is 94.2 cm³/mol. The number of rotatable bonds is 3. The Morgan fingerprint density at radius 3 is 3.04 bits per heavy atom. The first-order chi connectivity index (χ1) is 12.3. The maximum absolute atomic E-state index is 12.7. The normalized spacial score (nSPS) is 30.7. The highest BCUT2D eigenvalue weighted by Gasteiger charge is 2.32. The Labute approximate surface area is 149 Å². The highest BCUT2D eigenvalue weighted by Crippen LogP contribution is 2.30. The Kier molecular flexibility index (Phi) is 5.22. The summed E-state index contributed by atoms with van der Waals surface area (Å²) in [5.74, 6) is 0. The van der Waals surface area contributed by atoms with Crippen LogP contribution in [-0.4, -0.2) is 71.0 Å². The zero-order valence-electron chi connectivity index (χ0n) is 14.8. The Morgan fingerprint density at radius 1 is 1.28 bits per heavy atom. The van der Waals surface area contributed by atoms with Gasteiger partial charge in [-0.3, -0.25) is 10.00 Å². The number of amides is 2. The molecule has 0 aromatic carbocycles. The number of carbonyl (C=O) groups is 1. The standard InChI is InChI=1S/C18H29N5O2/c24-18(23-8-4-2-6-17(23)14-9-20-21-10-14)19-11-16-12-22-7-3-1-5-15(22)13-25-16/h9-10,15-17H,1-8,11-13H2,(H,19,24)(H,20,21)/t15-,16+,17-/m0/s1. The van der Waals surface area contributed by atoms with Gasteiger partial charge >= 0.3 is 6.03 Å². The summed E-state index contributed by atoms with van der Waals surface area (Å²) < 4.78 is 5.99. The van der Waals surface area contributed by atoms with Crippen molar-refractivity contribution in [1.82, 2.24) is 25.3 Å². The molecular weight excluding hydrogens is 318 g/mol. The molecule has 0 saturated carbocycles. The van der Waals surface area contributed by atoms with Gasteiger partial charge in [0.2, 0.25) is 0 Å². The summed E-state index contributed by atoms with van der Waals surface area (Å²) in [6.07, 6.45) is 10.9. The third kappa shape index (κ3) is 3.82. The maximum atomic E-state index is 12.7. The van der Waals surface area contributed by atoms with Gasteiger partial charge in [-0.1, -0.05) is 6.42 Å². The minimum atomic E-state index is 0.0234. The number of aromatic nitrogens is 2. The van der Waals surface area contributed by atoms with Gasteiger partial charge in [0.15, 0.2) is 0 Å². The number of hydrogen-bond acceptors (Lipinski definition) is 4. The molecule has 4 heterocycles. The van der Waals surface area contributed by atoms with Crippen molar-refractivity contribution >= 4 is 6.03 Å². The molecule has 3 atom stereocenters. The van der Waals surface area contributed by atoms with E-state index in [9.17, 15) is 4.79 Å². The average Bonchev–Trinajstić information content (AvgIpc) is 3.20. The van der Waals surface area contributed by atoms with E-state index in [0.29, 0.717) is 12.6 Å². The quantitative estimate of drug-likeness (QED) is 0.876. The van der Waals surface area contributed by atoms with Gasteiger partial charge in [0.25, 0.3) is 0 Å². The molecule has 0 spiro atoms. The number of morpholine rings is 1. The number of urea groups is 1. The second kappa shape index (κ2) is 7.74. The number of ether oxygens (including phenoxy) is 1. The fourth-order valence-corrected chi connectivity index (χ4v) is 4.44. The van der Waals surface area contributed by atoms with E-state index in [2.05, 4.69) is 20.4 Å². The molecule has 1 aromatic rings. The molecule has 138 valence electrons. The molecule has 2 amide bonds. The van der Waals surface area contributed by atoms with Crippen LogP contribution in [0.5, 0.6) is 0 Å². The predicted octanol–water partition coefficient (Wildman–Crippen LogP) is 1.90. The van der Waals surface area contributed by atoms with Crippen molar-refractivity contribution in [3.05, 3.63) is 18.0 Å². The van der Waals surface area contributed by atoms with Crippen LogP contribution in [0.2, 0.25) is 0 Å². The van der Waals surface area contributed by atoms with Gasteiger partial charge in [0.05, 0.1) is 24.9 Å². The van der Waals surface area contributed by atoms with Crippen LogP contribution in [0.4, 0.5) is 4.79 Å². The van der Waals surface area contributed by atoms with E-state index in [-0.39, 0.29) is 18.2 Å². The number of aromatic amines is 1. The number of carbonyl (C=O) groups excluding carboxylic acids is 1. The highest BCUT2D eigenvalue weighted by atomic mass is 16.5. The van der Waals surface area contributed by atoms with E-state index in [0.717, 1.165) is 44.5 Å². The van der Waals surface area contributed by atoms with Crippen LogP contribution in [0, 0.1) is 0 Å². The first kappa shape index (κ1) is 16.8. The van der Waals surface area contributed by atoms with Crippen molar-refractivity contribution in [3.8, 4) is 0 Å². The lowest BCUT2D eigenvalue weighted by Crippen LogP contribution is -2.55. The molecular formula is C18H29N5O2. The van der Waals surface area contributed by atoms with Crippen molar-refractivity contribution in [3.63, 3.8) is 0 Å². The molecule has 3 fully saturated rings. The van der Waals surface area contributed by atoms with Crippen LogP contribution < -0.4 is 5.32 Å². The number of piperidine rings is 2. The largest absolute Gasteiger partial charge is 0.373 e. The number of H-pyrrole nitrogens is 1. The molecule has 0 radical (unpaired) electrons. The number of fused-ring (bicyclic) bond motifs is 1. The maximum Gasteiger partial charge on any atom is 0.318 e. The summed E-state index contributed by atoms with van der Waals surface area (Å²) in [5.41, 5.74) is 1.10. The van der Waals surface area contributed by atoms with Crippen molar-refractivity contribution in [1.29, 1.82) is 0 Å². The van der Waals surface area contributed by atoms with Gasteiger partial charge in [-0.25, -0.2) is 4.79 Å². The van der Waals surface area contributed by atoms with Crippen molar-refractivity contribution in [2.45, 2.75) is 56.7 Å². The van der Waals surface area contributed by atoms with Crippen LogP contribution in [0.25, 0.3) is 0 Å². The van der Waals surface area contributed by atoms with E-state index in [1.807, 2.05) is 17.3 Å². The van der Waals surface area contributed by atoms with Crippen LogP contribution in [0.3, 0.4) is 0 Å². The minimum Gasteiger partial charge on any atom is -0.373 e. The lowest BCUT2D eigenvalue weighted by molar-refractivity contribution is -0.0726. The Hall–Kier alpha value is -1.60. The molecule has 2 N–H and O–H groups in total. The first-order valence-corrected chi connectivity index (χ1v) is 9.70. The summed E-state index contributed by atoms with van der Waals surface area (Å²) in [4.78, 5) is 17.2. The Morgan fingerprint density at radius 2 is 2.16 bits per heavy atom. The SMILES string of the molecule is O=C(NC[C@@H]1CN2CCCC[C@H]2CO1)N1CCCC[C@H]1c1cn[nH]c1. The van der Waals surface area contributed by atoms with Gasteiger partial charge < -0.3 is 15.0 Å². The van der Waals surface area contributed by atoms with Gasteiger partial charge in [-0.15, -0.1) is 0 Å². The number of likely N-dealkylation sites (tertiary alicyclic amines) is 1. The molecule has 0 unspecified atom stereocenters. The van der Waals surface area contributed by atoms with Gasteiger partial charge in [0.1, 0.15) is 0 Å². The summed E-state index contributed by atoms with van der Waals surface area (Å²) in [5, 5.41) is 10.0. The van der Waals surface area contributed by atoms with Crippen LogP contribution >= 0.6 is 0 Å². The molecule has 0 bridgehead atoms. The Balaban J connectivity index is 1.30. The second-order valence-electron chi connectivity index (χ2n) is 7.52. The number of hydrogen-bond donors (Lipinski definition) is 2. The summed E-state index contributed by atoms with van der Waals surface area (Å²) >= 11 is 0. The third-order valence-corrected chi connectivity index (χ3v) is 5.86. The lowest BCUT2D eigenvalue weighted by atomic mass is 9.98. The zero-order valence-corrected chi connectivity index (χ0v) is 14.8. The fraction of sp³-hybridized carbons (Fsp3) is 0.778. The molecule has 7 nitrogen and oxygen atoms in total. The molecule has 3 aliphatic rings.